The molecule has 2 aromatic heterocycles. The van der Waals surface area contributed by atoms with Crippen LogP contribution in [0.15, 0.2) is 17.0 Å². The monoisotopic (exact) mass is 234 g/mol. The van der Waals surface area contributed by atoms with Gasteiger partial charge in [0.15, 0.2) is 0 Å². The second-order valence-electron chi connectivity index (χ2n) is 4.26. The van der Waals surface area contributed by atoms with E-state index in [-0.39, 0.29) is 6.04 Å². The van der Waals surface area contributed by atoms with Crippen LogP contribution in [0.2, 0.25) is 0 Å². The van der Waals surface area contributed by atoms with Gasteiger partial charge in [-0.25, -0.2) is 4.98 Å². The van der Waals surface area contributed by atoms with Gasteiger partial charge in [0.05, 0.1) is 24.3 Å². The quantitative estimate of drug-likeness (QED) is 0.877. The van der Waals surface area contributed by atoms with E-state index in [4.69, 9.17) is 10.3 Å². The van der Waals surface area contributed by atoms with Crippen molar-refractivity contribution >= 4 is 0 Å². The first-order chi connectivity index (χ1) is 8.13. The fourth-order valence-electron chi connectivity index (χ4n) is 1.88. The molecule has 0 saturated heterocycles. The normalized spacial score (nSPS) is 12.9. The first-order valence-electron chi connectivity index (χ1n) is 5.80. The van der Waals surface area contributed by atoms with Crippen LogP contribution in [0.3, 0.4) is 0 Å². The summed E-state index contributed by atoms with van der Waals surface area (Å²) < 4.78 is 7.21. The summed E-state index contributed by atoms with van der Waals surface area (Å²) in [5.74, 6) is 0.854. The standard InChI is InChI=1S/C12H18N4O/c1-4-11(13)12-5-14-7-16(12)6-10-8(2)15-17-9(10)3/h5,7,11H,4,6,13H2,1-3H3/t11-/m1/s1. The van der Waals surface area contributed by atoms with Gasteiger partial charge in [0.2, 0.25) is 0 Å². The number of aromatic nitrogens is 3. The lowest BCUT2D eigenvalue weighted by Crippen LogP contribution is -2.15. The van der Waals surface area contributed by atoms with Gasteiger partial charge in [-0.15, -0.1) is 0 Å². The van der Waals surface area contributed by atoms with E-state index in [0.717, 1.165) is 29.1 Å². The Morgan fingerprint density at radius 1 is 1.47 bits per heavy atom. The largest absolute Gasteiger partial charge is 0.361 e. The van der Waals surface area contributed by atoms with Gasteiger partial charge in [-0.05, 0) is 20.3 Å². The molecule has 0 unspecified atom stereocenters. The Morgan fingerprint density at radius 3 is 2.82 bits per heavy atom. The lowest BCUT2D eigenvalue weighted by atomic mass is 10.1. The number of nitrogens with two attached hydrogens (primary N) is 1. The van der Waals surface area contributed by atoms with Crippen molar-refractivity contribution in [1.82, 2.24) is 14.7 Å². The van der Waals surface area contributed by atoms with Crippen molar-refractivity contribution < 1.29 is 4.52 Å². The lowest BCUT2D eigenvalue weighted by molar-refractivity contribution is 0.392. The highest BCUT2D eigenvalue weighted by atomic mass is 16.5. The highest BCUT2D eigenvalue weighted by Gasteiger charge is 2.14. The molecule has 0 bridgehead atoms. The maximum absolute atomic E-state index is 6.04. The molecular formula is C12H18N4O. The van der Waals surface area contributed by atoms with Crippen LogP contribution in [0, 0.1) is 13.8 Å². The Hall–Kier alpha value is -1.62. The fraction of sp³-hybridized carbons (Fsp3) is 0.500. The molecule has 0 radical (unpaired) electrons. The molecule has 17 heavy (non-hydrogen) atoms. The lowest BCUT2D eigenvalue weighted by Gasteiger charge is -2.12. The molecule has 0 spiro atoms. The van der Waals surface area contributed by atoms with Crippen molar-refractivity contribution in [1.29, 1.82) is 0 Å². The zero-order valence-corrected chi connectivity index (χ0v) is 10.5. The highest BCUT2D eigenvalue weighted by molar-refractivity contribution is 5.22. The van der Waals surface area contributed by atoms with Crippen LogP contribution >= 0.6 is 0 Å². The summed E-state index contributed by atoms with van der Waals surface area (Å²) in [6.07, 6.45) is 4.52. The molecule has 0 fully saturated rings. The maximum atomic E-state index is 6.04. The number of rotatable bonds is 4. The minimum Gasteiger partial charge on any atom is -0.361 e. The summed E-state index contributed by atoms with van der Waals surface area (Å²) in [6, 6.07) is 0.0259. The topological polar surface area (TPSA) is 69.9 Å². The second-order valence-corrected chi connectivity index (χ2v) is 4.26. The Bertz CT molecular complexity index is 481. The molecule has 5 nitrogen and oxygen atoms in total. The van der Waals surface area contributed by atoms with E-state index >= 15 is 0 Å². The molecule has 2 aromatic rings. The van der Waals surface area contributed by atoms with Gasteiger partial charge >= 0.3 is 0 Å². The molecule has 2 rings (SSSR count). The molecule has 0 aliphatic rings. The minimum absolute atomic E-state index is 0.0259. The molecule has 5 heteroatoms. The number of aryl methyl sites for hydroxylation is 2. The third-order valence-corrected chi connectivity index (χ3v) is 3.07. The average Bonchev–Trinajstić information content (AvgIpc) is 2.90. The predicted molar refractivity (Wildman–Crippen MR) is 64.5 cm³/mol. The Kier molecular flexibility index (Phi) is 3.28. The van der Waals surface area contributed by atoms with Gasteiger partial charge in [0.1, 0.15) is 5.76 Å². The number of hydrogen-bond acceptors (Lipinski definition) is 4. The Labute approximate surface area is 101 Å². The van der Waals surface area contributed by atoms with Gasteiger partial charge in [-0.1, -0.05) is 12.1 Å². The van der Waals surface area contributed by atoms with Crippen LogP contribution in [0.25, 0.3) is 0 Å². The minimum atomic E-state index is 0.0259. The van der Waals surface area contributed by atoms with Crippen molar-refractivity contribution in [3.8, 4) is 0 Å². The van der Waals surface area contributed by atoms with Crippen LogP contribution in [-0.4, -0.2) is 14.7 Å². The van der Waals surface area contributed by atoms with Crippen molar-refractivity contribution in [3.63, 3.8) is 0 Å². The molecule has 0 aliphatic heterocycles. The molecule has 1 atom stereocenters. The zero-order valence-electron chi connectivity index (χ0n) is 10.5. The average molecular weight is 234 g/mol. The van der Waals surface area contributed by atoms with Gasteiger partial charge in [0.25, 0.3) is 0 Å². The summed E-state index contributed by atoms with van der Waals surface area (Å²) in [5, 5.41) is 3.95. The third-order valence-electron chi connectivity index (χ3n) is 3.07. The molecule has 0 aliphatic carbocycles. The number of hydrogen-bond donors (Lipinski definition) is 1. The van der Waals surface area contributed by atoms with Gasteiger partial charge < -0.3 is 14.8 Å². The van der Waals surface area contributed by atoms with E-state index in [1.54, 1.807) is 6.33 Å². The van der Waals surface area contributed by atoms with Crippen LogP contribution in [0.5, 0.6) is 0 Å². The van der Waals surface area contributed by atoms with Crippen LogP contribution in [-0.2, 0) is 6.54 Å². The van der Waals surface area contributed by atoms with E-state index in [1.807, 2.05) is 20.0 Å². The fourth-order valence-corrected chi connectivity index (χ4v) is 1.88. The summed E-state index contributed by atoms with van der Waals surface area (Å²) in [6.45, 7) is 6.65. The van der Waals surface area contributed by atoms with Crippen molar-refractivity contribution in [2.24, 2.45) is 5.73 Å². The second kappa shape index (κ2) is 4.71. The first-order valence-corrected chi connectivity index (χ1v) is 5.80. The predicted octanol–water partition coefficient (Wildman–Crippen LogP) is 1.95. The van der Waals surface area contributed by atoms with E-state index in [0.29, 0.717) is 6.54 Å². The Balaban J connectivity index is 2.28. The first kappa shape index (κ1) is 11.9. The van der Waals surface area contributed by atoms with Crippen LogP contribution in [0.4, 0.5) is 0 Å². The third kappa shape index (κ3) is 2.24. The van der Waals surface area contributed by atoms with Gasteiger partial charge in [-0.3, -0.25) is 0 Å². The van der Waals surface area contributed by atoms with Crippen LogP contribution in [0.1, 0.15) is 42.1 Å². The summed E-state index contributed by atoms with van der Waals surface area (Å²) >= 11 is 0. The van der Waals surface area contributed by atoms with Crippen LogP contribution < -0.4 is 5.73 Å². The SMILES string of the molecule is CC[C@@H](N)c1cncn1Cc1c(C)noc1C. The van der Waals surface area contributed by atoms with Gasteiger partial charge in [-0.2, -0.15) is 0 Å². The molecule has 92 valence electrons. The molecule has 2 N–H and O–H groups in total. The van der Waals surface area contributed by atoms with E-state index in [9.17, 15) is 0 Å². The summed E-state index contributed by atoms with van der Waals surface area (Å²) in [5.41, 5.74) is 9.12. The molecule has 0 saturated carbocycles. The Morgan fingerprint density at radius 2 is 2.24 bits per heavy atom. The van der Waals surface area contributed by atoms with E-state index in [1.165, 1.54) is 0 Å². The van der Waals surface area contributed by atoms with E-state index in [2.05, 4.69) is 21.6 Å². The number of imidazole rings is 1. The van der Waals surface area contributed by atoms with Gasteiger partial charge in [0, 0.05) is 17.8 Å². The molecule has 0 amide bonds. The van der Waals surface area contributed by atoms with Crippen molar-refractivity contribution in [3.05, 3.63) is 35.2 Å². The zero-order chi connectivity index (χ0) is 12.4. The van der Waals surface area contributed by atoms with E-state index < -0.39 is 0 Å². The summed E-state index contributed by atoms with van der Waals surface area (Å²) in [4.78, 5) is 4.16. The molecule has 0 aromatic carbocycles. The summed E-state index contributed by atoms with van der Waals surface area (Å²) in [7, 11) is 0. The highest BCUT2D eigenvalue weighted by Crippen LogP contribution is 2.18. The van der Waals surface area contributed by atoms with Crippen molar-refractivity contribution in [2.45, 2.75) is 39.8 Å². The smallest absolute Gasteiger partial charge is 0.138 e. The van der Waals surface area contributed by atoms with Crippen molar-refractivity contribution in [2.75, 3.05) is 0 Å². The molecular weight excluding hydrogens is 216 g/mol. The molecule has 2 heterocycles. The maximum Gasteiger partial charge on any atom is 0.138 e. The number of nitrogens with zero attached hydrogens (tertiary/aromatic N) is 3.